The number of Topliss-reactive ketones (excluding diaryl/α,β-unsaturated/α-hetero) is 1. The first-order chi connectivity index (χ1) is 15.1. The first kappa shape index (κ1) is 22.2. The van der Waals surface area contributed by atoms with E-state index >= 15 is 0 Å². The van der Waals surface area contributed by atoms with Crippen molar-refractivity contribution in [2.24, 2.45) is 11.1 Å². The zero-order valence-electron chi connectivity index (χ0n) is 17.5. The number of carbonyl (C=O) groups is 3. The van der Waals surface area contributed by atoms with Crippen LogP contribution in [-0.4, -0.2) is 42.8 Å². The van der Waals surface area contributed by atoms with Gasteiger partial charge in [0.2, 0.25) is 6.10 Å². The molecule has 2 aromatic rings. The molecule has 1 aliphatic rings. The van der Waals surface area contributed by atoms with Crippen LogP contribution in [0.3, 0.4) is 0 Å². The monoisotopic (exact) mass is 423 g/mol. The summed E-state index contributed by atoms with van der Waals surface area (Å²) < 4.78 is 10.3. The number of oxime groups is 1. The lowest BCUT2D eigenvalue weighted by molar-refractivity contribution is -0.164. The molecule has 162 valence electrons. The van der Waals surface area contributed by atoms with E-state index in [-0.39, 0.29) is 31.1 Å². The summed E-state index contributed by atoms with van der Waals surface area (Å²) in [6.07, 6.45) is -1.19. The Morgan fingerprint density at radius 3 is 2.10 bits per heavy atom. The van der Waals surface area contributed by atoms with E-state index in [1.54, 1.807) is 38.1 Å². The Hall–Kier alpha value is -3.48. The molecule has 3 unspecified atom stereocenters. The van der Waals surface area contributed by atoms with Crippen LogP contribution in [-0.2, 0) is 23.9 Å². The van der Waals surface area contributed by atoms with Crippen LogP contribution in [0.5, 0.6) is 0 Å². The highest BCUT2D eigenvalue weighted by molar-refractivity contribution is 6.12. The lowest BCUT2D eigenvalue weighted by Crippen LogP contribution is -2.41. The van der Waals surface area contributed by atoms with Crippen molar-refractivity contribution in [3.05, 3.63) is 71.8 Å². The molecule has 2 aromatic carbocycles. The number of hydrogen-bond donors (Lipinski definition) is 0. The molecule has 3 atom stereocenters. The summed E-state index contributed by atoms with van der Waals surface area (Å²) in [5.41, 5.74) is 1.62. The maximum Gasteiger partial charge on any atom is 0.351 e. The van der Waals surface area contributed by atoms with Crippen LogP contribution >= 0.6 is 0 Å². The van der Waals surface area contributed by atoms with Gasteiger partial charge in [0.15, 0.2) is 5.78 Å². The van der Waals surface area contributed by atoms with Gasteiger partial charge in [0.25, 0.3) is 0 Å². The second-order valence-corrected chi connectivity index (χ2v) is 6.98. The molecule has 0 aromatic heterocycles. The molecule has 0 saturated heterocycles. The Balaban J connectivity index is 1.97. The van der Waals surface area contributed by atoms with E-state index < -0.39 is 29.9 Å². The van der Waals surface area contributed by atoms with Crippen LogP contribution in [0.1, 0.15) is 42.1 Å². The zero-order valence-corrected chi connectivity index (χ0v) is 17.5. The Bertz CT molecular complexity index is 941. The van der Waals surface area contributed by atoms with Gasteiger partial charge in [-0.15, -0.1) is 0 Å². The summed E-state index contributed by atoms with van der Waals surface area (Å²) in [4.78, 5) is 43.6. The van der Waals surface area contributed by atoms with E-state index in [0.717, 1.165) is 5.56 Å². The van der Waals surface area contributed by atoms with Crippen LogP contribution in [0.2, 0.25) is 0 Å². The predicted molar refractivity (Wildman–Crippen MR) is 114 cm³/mol. The van der Waals surface area contributed by atoms with E-state index in [0.29, 0.717) is 5.56 Å². The van der Waals surface area contributed by atoms with Crippen molar-refractivity contribution >= 4 is 23.4 Å². The van der Waals surface area contributed by atoms with Crippen molar-refractivity contribution in [1.29, 1.82) is 0 Å². The highest BCUT2D eigenvalue weighted by Gasteiger charge is 2.49. The number of esters is 2. The van der Waals surface area contributed by atoms with Gasteiger partial charge >= 0.3 is 11.9 Å². The van der Waals surface area contributed by atoms with Crippen LogP contribution in [0.4, 0.5) is 0 Å². The predicted octanol–water partition coefficient (Wildman–Crippen LogP) is 3.54. The number of nitrogens with zero attached hydrogens (tertiary/aromatic N) is 1. The smallest absolute Gasteiger partial charge is 0.351 e. The number of rotatable bonds is 9. The Morgan fingerprint density at radius 2 is 1.48 bits per heavy atom. The molecular formula is C24H25NO6. The third kappa shape index (κ3) is 5.17. The van der Waals surface area contributed by atoms with Gasteiger partial charge in [-0.05, 0) is 19.4 Å². The van der Waals surface area contributed by atoms with Gasteiger partial charge in [-0.25, -0.2) is 4.79 Å². The summed E-state index contributed by atoms with van der Waals surface area (Å²) in [6, 6.07) is 18.1. The van der Waals surface area contributed by atoms with E-state index in [1.807, 2.05) is 36.4 Å². The molecule has 0 fully saturated rings. The molecule has 3 rings (SSSR count). The Morgan fingerprint density at radius 1 is 0.903 bits per heavy atom. The topological polar surface area (TPSA) is 91.3 Å². The average Bonchev–Trinajstić information content (AvgIpc) is 3.24. The van der Waals surface area contributed by atoms with Gasteiger partial charge in [-0.2, -0.15) is 0 Å². The van der Waals surface area contributed by atoms with Crippen molar-refractivity contribution in [1.82, 2.24) is 0 Å². The molecular weight excluding hydrogens is 398 g/mol. The van der Waals surface area contributed by atoms with Gasteiger partial charge in [-0.3, -0.25) is 9.59 Å². The standard InChI is InChI=1S/C24H25NO6/c1-3-29-23(27)20-21(25-31-22(20)24(28)30-4-2)18(16-11-7-5-8-12-16)15-19(26)17-13-9-6-10-14-17/h5-14,18,20,22H,3-4,15H2,1-2H3. The van der Waals surface area contributed by atoms with E-state index in [2.05, 4.69) is 5.16 Å². The normalized spacial score (nSPS) is 18.5. The maximum atomic E-state index is 13.0. The fraction of sp³-hybridized carbons (Fsp3) is 0.333. The highest BCUT2D eigenvalue weighted by atomic mass is 16.7. The quantitative estimate of drug-likeness (QED) is 0.453. The third-order valence-corrected chi connectivity index (χ3v) is 5.00. The lowest BCUT2D eigenvalue weighted by Gasteiger charge is -2.22. The molecule has 0 saturated carbocycles. The lowest BCUT2D eigenvalue weighted by atomic mass is 9.80. The molecule has 0 spiro atoms. The first-order valence-corrected chi connectivity index (χ1v) is 10.3. The minimum absolute atomic E-state index is 0.0572. The van der Waals surface area contributed by atoms with Crippen molar-refractivity contribution in [2.45, 2.75) is 32.3 Å². The van der Waals surface area contributed by atoms with E-state index in [9.17, 15) is 14.4 Å². The van der Waals surface area contributed by atoms with Crippen LogP contribution in [0, 0.1) is 5.92 Å². The largest absolute Gasteiger partial charge is 0.465 e. The fourth-order valence-electron chi connectivity index (χ4n) is 3.56. The van der Waals surface area contributed by atoms with Crippen LogP contribution in [0.15, 0.2) is 65.8 Å². The second-order valence-electron chi connectivity index (χ2n) is 6.98. The van der Waals surface area contributed by atoms with Crippen molar-refractivity contribution in [2.75, 3.05) is 13.2 Å². The van der Waals surface area contributed by atoms with E-state index in [4.69, 9.17) is 14.3 Å². The molecule has 0 radical (unpaired) electrons. The molecule has 1 aliphatic heterocycles. The van der Waals surface area contributed by atoms with Crippen LogP contribution in [0.25, 0.3) is 0 Å². The zero-order chi connectivity index (χ0) is 22.2. The summed E-state index contributed by atoms with van der Waals surface area (Å²) in [5.74, 6) is -3.10. The molecule has 1 heterocycles. The number of benzene rings is 2. The molecule has 31 heavy (non-hydrogen) atoms. The maximum absolute atomic E-state index is 13.0. The van der Waals surface area contributed by atoms with Crippen molar-refractivity contribution < 1.29 is 28.7 Å². The summed E-state index contributed by atoms with van der Waals surface area (Å²) in [6.45, 7) is 3.62. The van der Waals surface area contributed by atoms with Gasteiger partial charge in [0.1, 0.15) is 5.92 Å². The highest BCUT2D eigenvalue weighted by Crippen LogP contribution is 2.34. The van der Waals surface area contributed by atoms with Gasteiger partial charge in [-0.1, -0.05) is 65.8 Å². The second kappa shape index (κ2) is 10.5. The molecule has 7 heteroatoms. The summed E-state index contributed by atoms with van der Waals surface area (Å²) in [5, 5.41) is 4.09. The third-order valence-electron chi connectivity index (χ3n) is 5.00. The van der Waals surface area contributed by atoms with Gasteiger partial charge < -0.3 is 14.3 Å². The Labute approximate surface area is 181 Å². The minimum Gasteiger partial charge on any atom is -0.465 e. The van der Waals surface area contributed by atoms with Gasteiger partial charge in [0, 0.05) is 17.9 Å². The van der Waals surface area contributed by atoms with Crippen LogP contribution < -0.4 is 0 Å². The number of hydrogen-bond acceptors (Lipinski definition) is 7. The van der Waals surface area contributed by atoms with Crippen molar-refractivity contribution in [3.8, 4) is 0 Å². The number of carbonyl (C=O) groups excluding carboxylic acids is 3. The molecule has 0 N–H and O–H groups in total. The summed E-state index contributed by atoms with van der Waals surface area (Å²) >= 11 is 0. The number of ether oxygens (including phenoxy) is 2. The SMILES string of the molecule is CCOC(=O)C1ON=C(C(CC(=O)c2ccccc2)c2ccccc2)C1C(=O)OCC. The van der Waals surface area contributed by atoms with Crippen molar-refractivity contribution in [3.63, 3.8) is 0 Å². The average molecular weight is 423 g/mol. The fourth-order valence-corrected chi connectivity index (χ4v) is 3.56. The Kier molecular flexibility index (Phi) is 7.54. The molecule has 7 nitrogen and oxygen atoms in total. The van der Waals surface area contributed by atoms with Gasteiger partial charge in [0.05, 0.1) is 18.9 Å². The van der Waals surface area contributed by atoms with E-state index in [1.165, 1.54) is 0 Å². The first-order valence-electron chi connectivity index (χ1n) is 10.3. The minimum atomic E-state index is -1.24. The molecule has 0 aliphatic carbocycles. The number of ketones is 1. The molecule has 0 amide bonds. The molecule has 0 bridgehead atoms. The summed E-state index contributed by atoms with van der Waals surface area (Å²) in [7, 11) is 0.